The van der Waals surface area contributed by atoms with Crippen molar-refractivity contribution in [1.29, 1.82) is 0 Å². The molecule has 1 amide bonds. The molecule has 7 heteroatoms. The summed E-state index contributed by atoms with van der Waals surface area (Å²) >= 11 is 1.66. The zero-order chi connectivity index (χ0) is 16.5. The average molecular weight is 344 g/mol. The van der Waals surface area contributed by atoms with Crippen molar-refractivity contribution in [3.05, 3.63) is 34.3 Å². The van der Waals surface area contributed by atoms with E-state index >= 15 is 0 Å². The highest BCUT2D eigenvalue weighted by Gasteiger charge is 2.40. The van der Waals surface area contributed by atoms with E-state index in [1.807, 2.05) is 22.4 Å². The van der Waals surface area contributed by atoms with Gasteiger partial charge in [-0.15, -0.1) is 16.4 Å². The lowest BCUT2D eigenvalue weighted by molar-refractivity contribution is -0.121. The Labute approximate surface area is 144 Å². The number of carbonyl (C=O) groups is 2. The normalized spacial score (nSPS) is 24.0. The molecule has 6 nitrogen and oxygen atoms in total. The van der Waals surface area contributed by atoms with Crippen molar-refractivity contribution in [3.8, 4) is 0 Å². The second-order valence-corrected chi connectivity index (χ2v) is 7.59. The van der Waals surface area contributed by atoms with Crippen LogP contribution < -0.4 is 0 Å². The number of hydrogen-bond donors (Lipinski definition) is 0. The molecule has 126 valence electrons. The smallest absolute Gasteiger partial charge is 0.276 e. The highest BCUT2D eigenvalue weighted by atomic mass is 32.1. The average Bonchev–Trinajstić information content (AvgIpc) is 3.34. The number of hydrogen-bond acceptors (Lipinski definition) is 5. The van der Waals surface area contributed by atoms with E-state index in [4.69, 9.17) is 0 Å². The molecule has 0 unspecified atom stereocenters. The van der Waals surface area contributed by atoms with E-state index in [1.54, 1.807) is 22.2 Å². The third kappa shape index (κ3) is 2.88. The molecular formula is C17H20N4O2S. The molecule has 0 radical (unpaired) electrons. The number of ketones is 1. The van der Waals surface area contributed by atoms with Crippen LogP contribution in [0.4, 0.5) is 0 Å². The molecular weight excluding hydrogens is 324 g/mol. The molecule has 2 fully saturated rings. The second kappa shape index (κ2) is 6.47. The number of amides is 1. The van der Waals surface area contributed by atoms with Gasteiger partial charge in [0, 0.05) is 29.8 Å². The van der Waals surface area contributed by atoms with E-state index < -0.39 is 0 Å². The van der Waals surface area contributed by atoms with E-state index in [2.05, 4.69) is 10.3 Å². The van der Waals surface area contributed by atoms with Crippen molar-refractivity contribution in [3.63, 3.8) is 0 Å². The highest BCUT2D eigenvalue weighted by molar-refractivity contribution is 7.09. The third-order valence-electron chi connectivity index (χ3n) is 5.03. The van der Waals surface area contributed by atoms with Crippen LogP contribution in [0.25, 0.3) is 0 Å². The maximum atomic E-state index is 12.8. The van der Waals surface area contributed by atoms with Crippen LogP contribution >= 0.6 is 11.3 Å². The van der Waals surface area contributed by atoms with Gasteiger partial charge in [-0.3, -0.25) is 9.59 Å². The van der Waals surface area contributed by atoms with Crippen LogP contribution in [0.15, 0.2) is 23.7 Å². The predicted molar refractivity (Wildman–Crippen MR) is 89.8 cm³/mol. The molecule has 4 rings (SSSR count). The molecule has 1 saturated carbocycles. The summed E-state index contributed by atoms with van der Waals surface area (Å²) in [7, 11) is 0. The van der Waals surface area contributed by atoms with Crippen LogP contribution in [0, 0.1) is 5.92 Å². The Morgan fingerprint density at radius 3 is 3.00 bits per heavy atom. The van der Waals surface area contributed by atoms with Gasteiger partial charge in [-0.05, 0) is 37.1 Å². The van der Waals surface area contributed by atoms with Gasteiger partial charge >= 0.3 is 0 Å². The van der Waals surface area contributed by atoms with E-state index in [9.17, 15) is 9.59 Å². The van der Waals surface area contributed by atoms with E-state index in [0.29, 0.717) is 31.0 Å². The minimum absolute atomic E-state index is 0.0256. The fraction of sp³-hybridized carbons (Fsp3) is 0.529. The van der Waals surface area contributed by atoms with Crippen LogP contribution in [-0.4, -0.2) is 44.2 Å². The number of aromatic nitrogens is 3. The summed E-state index contributed by atoms with van der Waals surface area (Å²) in [5.74, 6) is 0.258. The van der Waals surface area contributed by atoms with Gasteiger partial charge in [0.15, 0.2) is 5.69 Å². The predicted octanol–water partition coefficient (Wildman–Crippen LogP) is 2.36. The van der Waals surface area contributed by atoms with Gasteiger partial charge in [0.1, 0.15) is 5.78 Å². The van der Waals surface area contributed by atoms with Gasteiger partial charge in [0.05, 0.1) is 12.7 Å². The first-order valence-corrected chi connectivity index (χ1v) is 9.36. The Morgan fingerprint density at radius 2 is 2.25 bits per heavy atom. The molecule has 2 aromatic rings. The fourth-order valence-electron chi connectivity index (χ4n) is 3.90. The highest BCUT2D eigenvalue weighted by Crippen LogP contribution is 2.33. The molecule has 2 aromatic heterocycles. The second-order valence-electron chi connectivity index (χ2n) is 6.55. The first kappa shape index (κ1) is 15.5. The summed E-state index contributed by atoms with van der Waals surface area (Å²) in [6, 6.07) is 4.09. The zero-order valence-corrected chi connectivity index (χ0v) is 14.2. The quantitative estimate of drug-likeness (QED) is 0.854. The van der Waals surface area contributed by atoms with E-state index in [0.717, 1.165) is 25.7 Å². The summed E-state index contributed by atoms with van der Waals surface area (Å²) in [6.07, 6.45) is 6.14. The third-order valence-corrected chi connectivity index (χ3v) is 5.89. The van der Waals surface area contributed by atoms with Gasteiger partial charge in [-0.25, -0.2) is 4.68 Å². The van der Waals surface area contributed by atoms with Crippen LogP contribution in [0.1, 0.15) is 47.5 Å². The molecule has 24 heavy (non-hydrogen) atoms. The zero-order valence-electron chi connectivity index (χ0n) is 13.4. The minimum Gasteiger partial charge on any atom is -0.333 e. The van der Waals surface area contributed by atoms with Gasteiger partial charge < -0.3 is 4.90 Å². The summed E-state index contributed by atoms with van der Waals surface area (Å²) in [5.41, 5.74) is 0.379. The largest absolute Gasteiger partial charge is 0.333 e. The lowest BCUT2D eigenvalue weighted by Gasteiger charge is -2.27. The van der Waals surface area contributed by atoms with Crippen molar-refractivity contribution in [2.45, 2.75) is 44.7 Å². The summed E-state index contributed by atoms with van der Waals surface area (Å²) in [6.45, 7) is 1.34. The standard InChI is InChI=1S/C17H20N4O2S/c22-16-7-1-5-13(16)15-6-2-8-21(15)17(23)14-11-20(19-18-14)10-12-4-3-9-24-12/h3-4,9,11,13,15H,1-2,5-8,10H2/t13-,15+/m0/s1. The monoisotopic (exact) mass is 344 g/mol. The van der Waals surface area contributed by atoms with Gasteiger partial charge in [0.25, 0.3) is 5.91 Å². The van der Waals surface area contributed by atoms with Crippen molar-refractivity contribution < 1.29 is 9.59 Å². The van der Waals surface area contributed by atoms with Crippen molar-refractivity contribution in [1.82, 2.24) is 19.9 Å². The molecule has 2 aliphatic rings. The first-order chi connectivity index (χ1) is 11.7. The van der Waals surface area contributed by atoms with Crippen LogP contribution in [0.5, 0.6) is 0 Å². The lowest BCUT2D eigenvalue weighted by atomic mass is 9.95. The van der Waals surface area contributed by atoms with E-state index in [-0.39, 0.29) is 17.9 Å². The first-order valence-electron chi connectivity index (χ1n) is 8.48. The number of likely N-dealkylation sites (tertiary alicyclic amines) is 1. The number of Topliss-reactive ketones (excluding diaryl/α,β-unsaturated/α-hetero) is 1. The van der Waals surface area contributed by atoms with Gasteiger partial charge in [-0.2, -0.15) is 0 Å². The van der Waals surface area contributed by atoms with Crippen LogP contribution in [-0.2, 0) is 11.3 Å². The molecule has 0 bridgehead atoms. The molecule has 3 heterocycles. The van der Waals surface area contributed by atoms with Gasteiger partial charge in [0.2, 0.25) is 0 Å². The van der Waals surface area contributed by atoms with Gasteiger partial charge in [-0.1, -0.05) is 11.3 Å². The summed E-state index contributed by atoms with van der Waals surface area (Å²) in [4.78, 5) is 27.9. The molecule has 0 N–H and O–H groups in total. The Kier molecular flexibility index (Phi) is 4.18. The molecule has 1 aliphatic carbocycles. The number of thiophene rings is 1. The Balaban J connectivity index is 1.48. The SMILES string of the molecule is O=C1CCC[C@H]1[C@H]1CCCN1C(=O)c1cn(Cc2cccs2)nn1. The molecule has 0 aromatic carbocycles. The molecule has 0 spiro atoms. The Hall–Kier alpha value is -2.02. The summed E-state index contributed by atoms with van der Waals surface area (Å²) in [5, 5.41) is 10.2. The van der Waals surface area contributed by atoms with Crippen molar-refractivity contribution >= 4 is 23.0 Å². The minimum atomic E-state index is -0.0883. The number of rotatable bonds is 4. The van der Waals surface area contributed by atoms with Crippen molar-refractivity contribution in [2.75, 3.05) is 6.54 Å². The fourth-order valence-corrected chi connectivity index (χ4v) is 4.59. The maximum absolute atomic E-state index is 12.8. The van der Waals surface area contributed by atoms with E-state index in [1.165, 1.54) is 4.88 Å². The lowest BCUT2D eigenvalue weighted by Crippen LogP contribution is -2.41. The summed E-state index contributed by atoms with van der Waals surface area (Å²) < 4.78 is 1.70. The molecule has 2 atom stereocenters. The topological polar surface area (TPSA) is 68.1 Å². The van der Waals surface area contributed by atoms with Crippen molar-refractivity contribution in [2.24, 2.45) is 5.92 Å². The molecule has 1 saturated heterocycles. The van der Waals surface area contributed by atoms with Crippen LogP contribution in [0.2, 0.25) is 0 Å². The van der Waals surface area contributed by atoms with Crippen LogP contribution in [0.3, 0.4) is 0 Å². The molecule has 1 aliphatic heterocycles. The maximum Gasteiger partial charge on any atom is 0.276 e. The Bertz CT molecular complexity index is 740. The number of nitrogens with zero attached hydrogens (tertiary/aromatic N) is 4. The number of carbonyl (C=O) groups excluding carboxylic acids is 2. The Morgan fingerprint density at radius 1 is 1.33 bits per heavy atom.